The zero-order chi connectivity index (χ0) is 23.4. The molecule has 0 unspecified atom stereocenters. The lowest BCUT2D eigenvalue weighted by Crippen LogP contribution is -2.44. The number of fused-ring (bicyclic) bond motifs is 5. The summed E-state index contributed by atoms with van der Waals surface area (Å²) in [6, 6.07) is 2.96. The Morgan fingerprint density at radius 2 is 2.03 bits per heavy atom. The van der Waals surface area contributed by atoms with Crippen LogP contribution in [0.1, 0.15) is 47.6 Å². The molecule has 6 rings (SSSR count). The van der Waals surface area contributed by atoms with Gasteiger partial charge in [0.15, 0.2) is 5.60 Å². The van der Waals surface area contributed by atoms with Gasteiger partial charge in [-0.05, 0) is 30.5 Å². The minimum atomic E-state index is -3.15. The molecular weight excluding hydrogens is 456 g/mol. The topological polar surface area (TPSA) is 107 Å². The molecule has 3 aliphatic rings. The average Bonchev–Trinajstić information content (AvgIpc) is 3.14. The van der Waals surface area contributed by atoms with Crippen molar-refractivity contribution in [3.05, 3.63) is 55.3 Å². The van der Waals surface area contributed by atoms with Crippen molar-refractivity contribution in [3.8, 4) is 11.4 Å². The molecule has 0 fully saturated rings. The third-order valence-electron chi connectivity index (χ3n) is 7.13. The number of anilines is 1. The van der Waals surface area contributed by atoms with Crippen molar-refractivity contribution in [3.63, 3.8) is 0 Å². The van der Waals surface area contributed by atoms with Crippen molar-refractivity contribution < 1.29 is 23.4 Å². The van der Waals surface area contributed by atoms with Gasteiger partial charge >= 0.3 is 5.97 Å². The molecule has 10 heteroatoms. The first-order chi connectivity index (χ1) is 15.6. The first-order valence-corrected chi connectivity index (χ1v) is 10.9. The predicted octanol–water partition coefficient (Wildman–Crippen LogP) is 3.35. The number of alkyl halides is 2. The summed E-state index contributed by atoms with van der Waals surface area (Å²) in [4.78, 5) is 30.3. The van der Waals surface area contributed by atoms with Crippen LogP contribution < -0.4 is 11.3 Å². The zero-order valence-corrected chi connectivity index (χ0v) is 18.2. The van der Waals surface area contributed by atoms with Gasteiger partial charge in [0, 0.05) is 28.5 Å². The zero-order valence-electron chi connectivity index (χ0n) is 17.5. The van der Waals surface area contributed by atoms with E-state index in [1.54, 1.807) is 6.92 Å². The van der Waals surface area contributed by atoms with E-state index in [-0.39, 0.29) is 81.2 Å². The minimum Gasteiger partial charge on any atom is -0.458 e. The van der Waals surface area contributed by atoms with Gasteiger partial charge < -0.3 is 20.1 Å². The highest BCUT2D eigenvalue weighted by atomic mass is 35.5. The van der Waals surface area contributed by atoms with E-state index < -0.39 is 29.5 Å². The minimum absolute atomic E-state index is 0.0126. The lowest BCUT2D eigenvalue weighted by molar-refractivity contribution is -0.172. The summed E-state index contributed by atoms with van der Waals surface area (Å²) in [7, 11) is 0. The smallest absolute Gasteiger partial charge is 0.343 e. The highest BCUT2D eigenvalue weighted by Crippen LogP contribution is 2.51. The van der Waals surface area contributed by atoms with Crippen LogP contribution in [0.15, 0.2) is 16.9 Å². The molecule has 2 aliphatic heterocycles. The number of carbonyl (C=O) groups excluding carboxylic acids is 1. The maximum Gasteiger partial charge on any atom is 0.343 e. The Bertz CT molecular complexity index is 1500. The highest BCUT2D eigenvalue weighted by molar-refractivity contribution is 6.34. The van der Waals surface area contributed by atoms with E-state index in [2.05, 4.69) is 4.98 Å². The molecule has 1 aliphatic carbocycles. The van der Waals surface area contributed by atoms with Crippen molar-refractivity contribution in [2.75, 3.05) is 5.73 Å². The van der Waals surface area contributed by atoms with E-state index in [4.69, 9.17) is 22.1 Å². The molecule has 170 valence electrons. The van der Waals surface area contributed by atoms with E-state index in [0.717, 1.165) is 0 Å². The van der Waals surface area contributed by atoms with Gasteiger partial charge in [-0.2, -0.15) is 0 Å². The number of ether oxygens (including phenoxy) is 1. The van der Waals surface area contributed by atoms with Gasteiger partial charge in [0.05, 0.1) is 39.7 Å². The molecule has 1 atom stereocenters. The van der Waals surface area contributed by atoms with Crippen molar-refractivity contribution in [1.82, 2.24) is 9.55 Å². The number of pyridine rings is 2. The van der Waals surface area contributed by atoms with Crippen LogP contribution in [0.25, 0.3) is 22.3 Å². The Kier molecular flexibility index (Phi) is 3.92. The number of hydrogen-bond acceptors (Lipinski definition) is 6. The molecule has 7 nitrogen and oxygen atoms in total. The van der Waals surface area contributed by atoms with Crippen LogP contribution in [0.4, 0.5) is 14.5 Å². The summed E-state index contributed by atoms with van der Waals surface area (Å²) in [5.41, 5.74) is 5.46. The number of benzene rings is 1. The average molecular weight is 474 g/mol. The first-order valence-electron chi connectivity index (χ1n) is 10.6. The Balaban J connectivity index is 1.72. The molecule has 3 N–H and O–H groups in total. The molecule has 4 heterocycles. The van der Waals surface area contributed by atoms with Crippen LogP contribution in [0.5, 0.6) is 0 Å². The fraction of sp³-hybridized carbons (Fsp3) is 0.348. The number of aliphatic hydroxyl groups is 1. The second kappa shape index (κ2) is 6.30. The van der Waals surface area contributed by atoms with Gasteiger partial charge in [0.2, 0.25) is 0 Å². The second-order valence-electron chi connectivity index (χ2n) is 8.77. The molecule has 0 spiro atoms. The lowest BCUT2D eigenvalue weighted by Gasteiger charge is -2.31. The Hall–Kier alpha value is -3.04. The van der Waals surface area contributed by atoms with Crippen LogP contribution in [0, 0.1) is 0 Å². The van der Waals surface area contributed by atoms with Crippen LogP contribution >= 0.6 is 11.6 Å². The van der Waals surface area contributed by atoms with Crippen molar-refractivity contribution in [2.45, 2.75) is 50.9 Å². The molecule has 0 amide bonds. The fourth-order valence-electron chi connectivity index (χ4n) is 5.37. The van der Waals surface area contributed by atoms with Crippen molar-refractivity contribution in [1.29, 1.82) is 0 Å². The number of halogens is 3. The maximum absolute atomic E-state index is 15.3. The number of aryl methyl sites for hydroxylation is 1. The lowest BCUT2D eigenvalue weighted by atomic mass is 9.83. The molecule has 0 saturated heterocycles. The van der Waals surface area contributed by atoms with E-state index in [1.807, 2.05) is 0 Å². The Morgan fingerprint density at radius 1 is 1.27 bits per heavy atom. The van der Waals surface area contributed by atoms with Gasteiger partial charge in [0.1, 0.15) is 6.61 Å². The molecule has 2 aromatic heterocycles. The third kappa shape index (κ3) is 2.44. The second-order valence-corrected chi connectivity index (χ2v) is 9.17. The van der Waals surface area contributed by atoms with Gasteiger partial charge in [0.25, 0.3) is 11.5 Å². The van der Waals surface area contributed by atoms with Gasteiger partial charge in [-0.1, -0.05) is 18.5 Å². The predicted molar refractivity (Wildman–Crippen MR) is 116 cm³/mol. The molecule has 0 saturated carbocycles. The standard InChI is InChI=1S/C23H18ClF2N3O4/c1-2-22(32)12-5-15-19-10(7-29(15)20(30)11(12)8-33-21(22)31)17-16-9(3-4-23(17,25)26)18(27)13(24)6-14(16)28-19/h5-6,32H,2-4,7-8,27H2,1H3/t22-/m0/s1. The number of carbonyl (C=O) groups is 1. The van der Waals surface area contributed by atoms with Crippen LogP contribution in [0.2, 0.25) is 5.02 Å². The van der Waals surface area contributed by atoms with Gasteiger partial charge in [-0.25, -0.2) is 18.6 Å². The van der Waals surface area contributed by atoms with Gasteiger partial charge in [-0.15, -0.1) is 0 Å². The van der Waals surface area contributed by atoms with Crippen molar-refractivity contribution in [2.24, 2.45) is 0 Å². The molecule has 33 heavy (non-hydrogen) atoms. The van der Waals surface area contributed by atoms with E-state index >= 15 is 8.78 Å². The molecular formula is C23H18ClF2N3O4. The number of cyclic esters (lactones) is 1. The summed E-state index contributed by atoms with van der Waals surface area (Å²) < 4.78 is 37.0. The van der Waals surface area contributed by atoms with Crippen molar-refractivity contribution >= 4 is 34.2 Å². The monoisotopic (exact) mass is 473 g/mol. The Morgan fingerprint density at radius 3 is 2.76 bits per heavy atom. The molecule has 0 bridgehead atoms. The number of nitrogen functional groups attached to an aromatic ring is 1. The fourth-order valence-corrected chi connectivity index (χ4v) is 5.59. The number of hydrogen-bond donors (Lipinski definition) is 2. The van der Waals surface area contributed by atoms with Crippen LogP contribution in [-0.2, 0) is 40.6 Å². The SMILES string of the molecule is CC[C@@]1(O)C(=O)OCc2c1cc1n(c2=O)Cc2c-1nc1cc(Cl)c(N)c3c1c2C(F)(F)CC3. The molecule has 3 aromatic rings. The molecule has 1 aromatic carbocycles. The number of rotatable bonds is 1. The van der Waals surface area contributed by atoms with E-state index in [0.29, 0.717) is 5.56 Å². The van der Waals surface area contributed by atoms with Crippen LogP contribution in [0.3, 0.4) is 0 Å². The Labute approximate surface area is 190 Å². The quantitative estimate of drug-likeness (QED) is 0.324. The number of aromatic nitrogens is 2. The molecule has 0 radical (unpaired) electrons. The van der Waals surface area contributed by atoms with Gasteiger partial charge in [-0.3, -0.25) is 4.79 Å². The normalized spacial score (nSPS) is 22.0. The number of nitrogens with two attached hydrogens (primary N) is 1. The summed E-state index contributed by atoms with van der Waals surface area (Å²) in [5, 5.41) is 11.5. The first kappa shape index (κ1) is 20.6. The third-order valence-corrected chi connectivity index (χ3v) is 7.44. The summed E-state index contributed by atoms with van der Waals surface area (Å²) in [5.74, 6) is -3.99. The highest BCUT2D eigenvalue weighted by Gasteiger charge is 2.47. The number of nitrogens with zero attached hydrogens (tertiary/aromatic N) is 2. The number of esters is 1. The summed E-state index contributed by atoms with van der Waals surface area (Å²) in [6.45, 7) is 1.20. The maximum atomic E-state index is 15.3. The van der Waals surface area contributed by atoms with E-state index in [1.165, 1.54) is 16.7 Å². The van der Waals surface area contributed by atoms with E-state index in [9.17, 15) is 14.7 Å². The largest absolute Gasteiger partial charge is 0.458 e. The summed E-state index contributed by atoms with van der Waals surface area (Å²) in [6.07, 6.45) is -0.384. The summed E-state index contributed by atoms with van der Waals surface area (Å²) >= 11 is 6.27. The van der Waals surface area contributed by atoms with Crippen LogP contribution in [-0.4, -0.2) is 20.6 Å².